The van der Waals surface area contributed by atoms with E-state index in [0.717, 1.165) is 16.5 Å². The molecule has 2 amide bonds. The second kappa shape index (κ2) is 7.16. The molecule has 1 fully saturated rings. The maximum absolute atomic E-state index is 11.7. The Balaban J connectivity index is 1.40. The topological polar surface area (TPSA) is 100 Å². The summed E-state index contributed by atoms with van der Waals surface area (Å²) in [6.45, 7) is 0.123. The van der Waals surface area contributed by atoms with Crippen molar-refractivity contribution >= 4 is 28.7 Å². The summed E-state index contributed by atoms with van der Waals surface area (Å²) in [5.74, 6) is -1.08. The molecule has 0 saturated carbocycles. The van der Waals surface area contributed by atoms with E-state index in [1.54, 1.807) is 0 Å². The fourth-order valence-corrected chi connectivity index (χ4v) is 2.75. The first-order valence-corrected chi connectivity index (χ1v) is 7.91. The Hall–Kier alpha value is -2.83. The van der Waals surface area contributed by atoms with Crippen LogP contribution in [0, 0.1) is 0 Å². The van der Waals surface area contributed by atoms with Crippen molar-refractivity contribution in [2.75, 3.05) is 13.2 Å². The van der Waals surface area contributed by atoms with Crippen molar-refractivity contribution in [3.8, 4) is 0 Å². The molecule has 0 aliphatic carbocycles. The number of carbonyl (C=O) groups excluding carboxylic acids is 3. The number of hydrogen-bond acceptors (Lipinski definition) is 4. The van der Waals surface area contributed by atoms with Crippen molar-refractivity contribution in [2.45, 2.75) is 25.3 Å². The molecule has 7 nitrogen and oxygen atoms in total. The highest BCUT2D eigenvalue weighted by atomic mass is 16.5. The van der Waals surface area contributed by atoms with E-state index < -0.39 is 12.0 Å². The van der Waals surface area contributed by atoms with Crippen molar-refractivity contribution in [1.29, 1.82) is 0 Å². The predicted molar refractivity (Wildman–Crippen MR) is 87.1 cm³/mol. The lowest BCUT2D eigenvalue weighted by molar-refractivity contribution is -0.150. The van der Waals surface area contributed by atoms with Crippen LogP contribution in [0.4, 0.5) is 0 Å². The summed E-state index contributed by atoms with van der Waals surface area (Å²) in [5.41, 5.74) is 2.18. The fourth-order valence-electron chi connectivity index (χ4n) is 2.75. The van der Waals surface area contributed by atoms with Crippen molar-refractivity contribution in [2.24, 2.45) is 0 Å². The Bertz CT molecular complexity index is 768. The van der Waals surface area contributed by atoms with Crippen LogP contribution < -0.4 is 10.6 Å². The van der Waals surface area contributed by atoms with Crippen LogP contribution >= 0.6 is 0 Å². The van der Waals surface area contributed by atoms with Gasteiger partial charge in [-0.05, 0) is 24.5 Å². The quantitative estimate of drug-likeness (QED) is 0.677. The van der Waals surface area contributed by atoms with Crippen LogP contribution in [0.3, 0.4) is 0 Å². The summed E-state index contributed by atoms with van der Waals surface area (Å²) in [7, 11) is 0. The number of H-pyrrole nitrogens is 1. The number of hydrogen-bond donors (Lipinski definition) is 3. The number of esters is 1. The lowest BCUT2D eigenvalue weighted by Crippen LogP contribution is -2.37. The molecule has 1 saturated heterocycles. The van der Waals surface area contributed by atoms with Crippen LogP contribution in [0.5, 0.6) is 0 Å². The number of carbonyl (C=O) groups is 3. The number of para-hydroxylation sites is 1. The molecule has 3 N–H and O–H groups in total. The van der Waals surface area contributed by atoms with Gasteiger partial charge in [0.25, 0.3) is 5.91 Å². The van der Waals surface area contributed by atoms with Gasteiger partial charge >= 0.3 is 5.97 Å². The van der Waals surface area contributed by atoms with Crippen LogP contribution in [0.2, 0.25) is 0 Å². The van der Waals surface area contributed by atoms with Gasteiger partial charge < -0.3 is 20.4 Å². The van der Waals surface area contributed by atoms with Crippen LogP contribution in [-0.2, 0) is 25.5 Å². The Labute approximate surface area is 138 Å². The third-order valence-electron chi connectivity index (χ3n) is 4.02. The Morgan fingerprint density at radius 1 is 1.29 bits per heavy atom. The average Bonchev–Trinajstić information content (AvgIpc) is 3.19. The molecule has 0 spiro atoms. The molecule has 7 heteroatoms. The van der Waals surface area contributed by atoms with Crippen LogP contribution in [0.1, 0.15) is 18.4 Å². The first-order valence-electron chi connectivity index (χ1n) is 7.91. The Kier molecular flexibility index (Phi) is 4.79. The molecular weight excluding hydrogens is 310 g/mol. The van der Waals surface area contributed by atoms with Crippen LogP contribution in [0.15, 0.2) is 30.5 Å². The molecule has 24 heavy (non-hydrogen) atoms. The zero-order chi connectivity index (χ0) is 16.9. The Morgan fingerprint density at radius 3 is 2.92 bits per heavy atom. The highest BCUT2D eigenvalue weighted by Gasteiger charge is 2.28. The first-order chi connectivity index (χ1) is 11.6. The third kappa shape index (κ3) is 3.73. The van der Waals surface area contributed by atoms with Gasteiger partial charge in [0.2, 0.25) is 5.91 Å². The van der Waals surface area contributed by atoms with Gasteiger partial charge in [-0.1, -0.05) is 18.2 Å². The smallest absolute Gasteiger partial charge is 0.329 e. The summed E-state index contributed by atoms with van der Waals surface area (Å²) >= 11 is 0. The summed E-state index contributed by atoms with van der Waals surface area (Å²) in [6, 6.07) is 7.33. The highest BCUT2D eigenvalue weighted by molar-refractivity contribution is 5.89. The third-order valence-corrected chi connectivity index (χ3v) is 4.02. The molecule has 1 atom stereocenters. The lowest BCUT2D eigenvalue weighted by atomic mass is 10.1. The second-order valence-corrected chi connectivity index (χ2v) is 5.73. The maximum Gasteiger partial charge on any atom is 0.329 e. The molecule has 1 aliphatic rings. The molecule has 2 heterocycles. The number of ether oxygens (including phenoxy) is 1. The maximum atomic E-state index is 11.7. The number of rotatable bonds is 6. The van der Waals surface area contributed by atoms with E-state index in [0.29, 0.717) is 25.8 Å². The minimum absolute atomic E-state index is 0.167. The van der Waals surface area contributed by atoms with Crippen molar-refractivity contribution < 1.29 is 19.1 Å². The number of benzene rings is 1. The van der Waals surface area contributed by atoms with E-state index in [-0.39, 0.29) is 18.4 Å². The van der Waals surface area contributed by atoms with Gasteiger partial charge in [-0.3, -0.25) is 9.59 Å². The summed E-state index contributed by atoms with van der Waals surface area (Å²) < 4.78 is 4.92. The zero-order valence-corrected chi connectivity index (χ0v) is 13.1. The zero-order valence-electron chi connectivity index (χ0n) is 13.1. The minimum Gasteiger partial charge on any atom is -0.454 e. The molecule has 1 aliphatic heterocycles. The van der Waals surface area contributed by atoms with E-state index in [1.807, 2.05) is 30.5 Å². The van der Waals surface area contributed by atoms with E-state index in [4.69, 9.17) is 4.74 Å². The highest BCUT2D eigenvalue weighted by Crippen LogP contribution is 2.17. The number of nitrogens with one attached hydrogen (secondary N) is 3. The van der Waals surface area contributed by atoms with E-state index >= 15 is 0 Å². The molecule has 1 aromatic carbocycles. The average molecular weight is 329 g/mol. The van der Waals surface area contributed by atoms with Gasteiger partial charge in [0.15, 0.2) is 6.61 Å². The standard InChI is InChI=1S/C17H19N3O4/c21-15-6-5-14(20-15)17(23)24-10-16(22)18-8-7-11-9-19-13-4-2-1-3-12(11)13/h1-4,9,14,19H,5-8,10H2,(H,18,22)(H,20,21)/t14-/m1/s1. The minimum atomic E-state index is -0.628. The normalized spacial score (nSPS) is 16.8. The number of amides is 2. The van der Waals surface area contributed by atoms with E-state index in [1.165, 1.54) is 0 Å². The lowest BCUT2D eigenvalue weighted by Gasteiger charge is -2.10. The van der Waals surface area contributed by atoms with Crippen LogP contribution in [-0.4, -0.2) is 42.0 Å². The van der Waals surface area contributed by atoms with Crippen molar-refractivity contribution in [1.82, 2.24) is 15.6 Å². The summed E-state index contributed by atoms with van der Waals surface area (Å²) in [5, 5.41) is 6.36. The number of fused-ring (bicyclic) bond motifs is 1. The monoisotopic (exact) mass is 329 g/mol. The first kappa shape index (κ1) is 16.0. The molecule has 0 bridgehead atoms. The summed E-state index contributed by atoms with van der Waals surface area (Å²) in [4.78, 5) is 37.6. The summed E-state index contributed by atoms with van der Waals surface area (Å²) in [6.07, 6.45) is 3.35. The molecule has 3 rings (SSSR count). The molecule has 0 unspecified atom stereocenters. The molecule has 126 valence electrons. The van der Waals surface area contributed by atoms with E-state index in [2.05, 4.69) is 15.6 Å². The van der Waals surface area contributed by atoms with E-state index in [9.17, 15) is 14.4 Å². The van der Waals surface area contributed by atoms with Gasteiger partial charge in [-0.15, -0.1) is 0 Å². The largest absolute Gasteiger partial charge is 0.454 e. The number of aromatic amines is 1. The SMILES string of the molecule is O=C(COC(=O)[C@H]1CCC(=O)N1)NCCc1c[nH]c2ccccc12. The van der Waals surface area contributed by atoms with Crippen molar-refractivity contribution in [3.05, 3.63) is 36.0 Å². The molecule has 2 aromatic rings. The molecular formula is C17H19N3O4. The molecule has 1 aromatic heterocycles. The second-order valence-electron chi connectivity index (χ2n) is 5.73. The fraction of sp³-hybridized carbons (Fsp3) is 0.353. The Morgan fingerprint density at radius 2 is 2.12 bits per heavy atom. The van der Waals surface area contributed by atoms with Gasteiger partial charge in [0, 0.05) is 30.1 Å². The predicted octanol–water partition coefficient (Wildman–Crippen LogP) is 0.648. The van der Waals surface area contributed by atoms with Crippen molar-refractivity contribution in [3.63, 3.8) is 0 Å². The molecule has 0 radical (unpaired) electrons. The number of aromatic nitrogens is 1. The van der Waals surface area contributed by atoms with Gasteiger partial charge in [0.05, 0.1) is 0 Å². The van der Waals surface area contributed by atoms with Crippen LogP contribution in [0.25, 0.3) is 10.9 Å². The van der Waals surface area contributed by atoms with Gasteiger partial charge in [-0.2, -0.15) is 0 Å². The van der Waals surface area contributed by atoms with Gasteiger partial charge in [-0.25, -0.2) is 4.79 Å². The van der Waals surface area contributed by atoms with Gasteiger partial charge in [0.1, 0.15) is 6.04 Å².